The number of fused-ring (bicyclic) bond motifs is 1. The van der Waals surface area contributed by atoms with Crippen LogP contribution in [0.5, 0.6) is 0 Å². The number of carbonyl (C=O) groups is 1. The molecule has 0 saturated carbocycles. The molecule has 1 atom stereocenters. The van der Waals surface area contributed by atoms with E-state index < -0.39 is 12.0 Å². The number of thiazole rings is 1. The van der Waals surface area contributed by atoms with Crippen LogP contribution in [0.3, 0.4) is 0 Å². The number of anilines is 1. The van der Waals surface area contributed by atoms with Gasteiger partial charge in [0, 0.05) is 31.4 Å². The molecule has 5 rings (SSSR count). The van der Waals surface area contributed by atoms with Gasteiger partial charge in [-0.25, -0.2) is 9.79 Å². The first-order valence-electron chi connectivity index (χ1n) is 12.4. The number of hydrogen-bond donors (Lipinski definition) is 0. The minimum Gasteiger partial charge on any atom is -0.463 e. The van der Waals surface area contributed by atoms with Crippen molar-refractivity contribution in [3.63, 3.8) is 0 Å². The monoisotopic (exact) mass is 538 g/mol. The molecule has 0 aliphatic carbocycles. The number of ether oxygens (including phenoxy) is 1. The van der Waals surface area contributed by atoms with Gasteiger partial charge >= 0.3 is 5.97 Å². The van der Waals surface area contributed by atoms with Gasteiger partial charge in [-0.05, 0) is 55.8 Å². The van der Waals surface area contributed by atoms with Crippen LogP contribution in [-0.2, 0) is 9.53 Å². The second-order valence-electron chi connectivity index (χ2n) is 9.15. The Morgan fingerprint density at radius 2 is 1.92 bits per heavy atom. The molecule has 2 aromatic heterocycles. The maximum atomic E-state index is 13.8. The summed E-state index contributed by atoms with van der Waals surface area (Å²) in [6.07, 6.45) is 1.66. The highest BCUT2D eigenvalue weighted by Crippen LogP contribution is 2.32. The van der Waals surface area contributed by atoms with Gasteiger partial charge in [-0.15, -0.1) is 0 Å². The molecule has 0 saturated heterocycles. The second-order valence-corrected chi connectivity index (χ2v) is 10.2. The van der Waals surface area contributed by atoms with Crippen LogP contribution in [0.25, 0.3) is 17.4 Å². The lowest BCUT2D eigenvalue weighted by Crippen LogP contribution is -2.39. The predicted molar refractivity (Wildman–Crippen MR) is 150 cm³/mol. The fourth-order valence-corrected chi connectivity index (χ4v) is 5.59. The van der Waals surface area contributed by atoms with Crippen molar-refractivity contribution in [1.82, 2.24) is 4.57 Å². The van der Waals surface area contributed by atoms with Gasteiger partial charge in [0.2, 0.25) is 0 Å². The zero-order valence-electron chi connectivity index (χ0n) is 22.0. The van der Waals surface area contributed by atoms with Crippen molar-refractivity contribution in [1.29, 1.82) is 5.26 Å². The summed E-state index contributed by atoms with van der Waals surface area (Å²) < 4.78 is 13.3. The van der Waals surface area contributed by atoms with E-state index in [9.17, 15) is 14.9 Å². The summed E-state index contributed by atoms with van der Waals surface area (Å²) in [6, 6.07) is 19.9. The lowest BCUT2D eigenvalue weighted by molar-refractivity contribution is -0.139. The molecule has 1 aliphatic heterocycles. The molecule has 196 valence electrons. The Balaban J connectivity index is 1.64. The van der Waals surface area contributed by atoms with E-state index in [1.807, 2.05) is 55.4 Å². The number of carbonyl (C=O) groups excluding carboxylic acids is 1. The molecule has 9 heteroatoms. The summed E-state index contributed by atoms with van der Waals surface area (Å²) in [5, 5.41) is 9.44. The maximum Gasteiger partial charge on any atom is 0.338 e. The van der Waals surface area contributed by atoms with Crippen LogP contribution in [0, 0.1) is 11.3 Å². The molecule has 0 N–H and O–H groups in total. The molecular weight excluding hydrogens is 512 g/mol. The standard InChI is InChI=1S/C30H26N4O4S/c1-5-37-29(36)26-18(2)32-30-34(27(26)19-10-12-21(13-11-19)33(3)4)28(35)25(39-30)16-22-14-15-24(38-22)23-9-7-6-8-20(23)17-31/h6-16,27H,5H2,1-4H3/b25-16+/t27-/m1/s1. The number of nitrogens with zero attached hydrogens (tertiary/aromatic N) is 4. The zero-order valence-corrected chi connectivity index (χ0v) is 22.8. The van der Waals surface area contributed by atoms with Crippen LogP contribution in [0.1, 0.15) is 36.8 Å². The van der Waals surface area contributed by atoms with Gasteiger partial charge in [-0.3, -0.25) is 9.36 Å². The van der Waals surface area contributed by atoms with Gasteiger partial charge in [0.1, 0.15) is 11.5 Å². The van der Waals surface area contributed by atoms with Crippen LogP contribution in [0.2, 0.25) is 0 Å². The first-order valence-corrected chi connectivity index (χ1v) is 13.2. The van der Waals surface area contributed by atoms with Crippen LogP contribution in [0.15, 0.2) is 86.1 Å². The third-order valence-corrected chi connectivity index (χ3v) is 7.44. The van der Waals surface area contributed by atoms with Gasteiger partial charge in [-0.1, -0.05) is 35.6 Å². The first kappa shape index (κ1) is 25.9. The van der Waals surface area contributed by atoms with E-state index in [0.29, 0.717) is 43.3 Å². The third kappa shape index (κ3) is 4.82. The summed E-state index contributed by atoms with van der Waals surface area (Å²) >= 11 is 1.23. The fraction of sp³-hybridized carbons (Fsp3) is 0.200. The largest absolute Gasteiger partial charge is 0.463 e. The highest BCUT2D eigenvalue weighted by atomic mass is 32.1. The van der Waals surface area contributed by atoms with Crippen molar-refractivity contribution >= 4 is 29.1 Å². The van der Waals surface area contributed by atoms with E-state index in [2.05, 4.69) is 11.1 Å². The number of rotatable bonds is 6. The summed E-state index contributed by atoms with van der Waals surface area (Å²) in [6.45, 7) is 3.72. The van der Waals surface area contributed by atoms with E-state index in [1.54, 1.807) is 48.8 Å². The van der Waals surface area contributed by atoms with Crippen molar-refractivity contribution in [2.45, 2.75) is 19.9 Å². The van der Waals surface area contributed by atoms with E-state index in [-0.39, 0.29) is 12.2 Å². The zero-order chi connectivity index (χ0) is 27.7. The lowest BCUT2D eigenvalue weighted by Gasteiger charge is -2.25. The molecule has 39 heavy (non-hydrogen) atoms. The number of nitriles is 1. The van der Waals surface area contributed by atoms with E-state index in [4.69, 9.17) is 9.15 Å². The van der Waals surface area contributed by atoms with Gasteiger partial charge in [0.25, 0.3) is 5.56 Å². The molecule has 0 amide bonds. The Hall–Kier alpha value is -4.68. The summed E-state index contributed by atoms with van der Waals surface area (Å²) in [5.74, 6) is 0.503. The van der Waals surface area contributed by atoms with Crippen LogP contribution < -0.4 is 19.8 Å². The van der Waals surface area contributed by atoms with E-state index >= 15 is 0 Å². The number of hydrogen-bond acceptors (Lipinski definition) is 8. The van der Waals surface area contributed by atoms with Gasteiger partial charge < -0.3 is 14.1 Å². The van der Waals surface area contributed by atoms with Crippen molar-refractivity contribution in [2.24, 2.45) is 4.99 Å². The molecular formula is C30H26N4O4S. The van der Waals surface area contributed by atoms with Crippen molar-refractivity contribution in [3.8, 4) is 17.4 Å². The maximum absolute atomic E-state index is 13.8. The lowest BCUT2D eigenvalue weighted by atomic mass is 9.95. The molecule has 4 aromatic rings. The molecule has 2 aromatic carbocycles. The number of allylic oxidation sites excluding steroid dienone is 1. The van der Waals surface area contributed by atoms with Gasteiger partial charge in [-0.2, -0.15) is 5.26 Å². The molecule has 0 bridgehead atoms. The Morgan fingerprint density at radius 3 is 2.62 bits per heavy atom. The Labute approximate surface area is 229 Å². The van der Waals surface area contributed by atoms with Crippen molar-refractivity contribution in [3.05, 3.63) is 109 Å². The van der Waals surface area contributed by atoms with Crippen molar-refractivity contribution < 1.29 is 13.9 Å². The minimum absolute atomic E-state index is 0.210. The fourth-order valence-electron chi connectivity index (χ4n) is 4.56. The van der Waals surface area contributed by atoms with Crippen molar-refractivity contribution in [2.75, 3.05) is 25.6 Å². The number of benzene rings is 2. The molecule has 0 radical (unpaired) electrons. The average Bonchev–Trinajstić information content (AvgIpc) is 3.52. The second kappa shape index (κ2) is 10.6. The SMILES string of the molecule is CCOC(=O)C1=C(C)N=c2s/c(=C/c3ccc(-c4ccccc4C#N)o3)c(=O)n2[C@@H]1c1ccc(N(C)C)cc1. The molecule has 0 spiro atoms. The highest BCUT2D eigenvalue weighted by molar-refractivity contribution is 7.07. The topological polar surface area (TPSA) is 101 Å². The average molecular weight is 539 g/mol. The molecule has 0 unspecified atom stereocenters. The number of furan rings is 1. The number of esters is 1. The highest BCUT2D eigenvalue weighted by Gasteiger charge is 2.33. The van der Waals surface area contributed by atoms with E-state index in [0.717, 1.165) is 11.3 Å². The summed E-state index contributed by atoms with van der Waals surface area (Å²) in [7, 11) is 3.90. The normalized spacial score (nSPS) is 14.9. The summed E-state index contributed by atoms with van der Waals surface area (Å²) in [4.78, 5) is 34.0. The van der Waals surface area contributed by atoms with E-state index in [1.165, 1.54) is 11.3 Å². The Morgan fingerprint density at radius 1 is 1.18 bits per heavy atom. The quantitative estimate of drug-likeness (QED) is 0.344. The summed E-state index contributed by atoms with van der Waals surface area (Å²) in [5.41, 5.74) is 3.51. The number of aromatic nitrogens is 1. The van der Waals surface area contributed by atoms with Gasteiger partial charge in [0.15, 0.2) is 4.80 Å². The molecule has 1 aliphatic rings. The Bertz CT molecular complexity index is 1820. The predicted octanol–water partition coefficient (Wildman–Crippen LogP) is 4.00. The third-order valence-electron chi connectivity index (χ3n) is 6.46. The smallest absolute Gasteiger partial charge is 0.338 e. The van der Waals surface area contributed by atoms with Crippen LogP contribution in [-0.4, -0.2) is 31.2 Å². The Kier molecular flexibility index (Phi) is 7.05. The molecule has 0 fully saturated rings. The molecule has 8 nitrogen and oxygen atoms in total. The van der Waals surface area contributed by atoms with Gasteiger partial charge in [0.05, 0.1) is 40.1 Å². The first-order chi connectivity index (χ1) is 18.8. The van der Waals surface area contributed by atoms with Crippen LogP contribution >= 0.6 is 11.3 Å². The minimum atomic E-state index is -0.687. The molecule has 3 heterocycles. The van der Waals surface area contributed by atoms with Crippen LogP contribution in [0.4, 0.5) is 5.69 Å².